The highest BCUT2D eigenvalue weighted by Gasteiger charge is 2.21. The minimum absolute atomic E-state index is 0.190. The molecule has 4 aromatic rings. The lowest BCUT2D eigenvalue weighted by molar-refractivity contribution is 0.0789. The molecule has 1 atom stereocenters. The minimum Gasteiger partial charge on any atom is -0.486 e. The van der Waals surface area contributed by atoms with Gasteiger partial charge in [-0.25, -0.2) is 0 Å². The van der Waals surface area contributed by atoms with Crippen LogP contribution >= 0.6 is 0 Å². The second kappa shape index (κ2) is 8.55. The Kier molecular flexibility index (Phi) is 5.29. The molecular formula is C25H21N3O4. The maximum Gasteiger partial charge on any atom is 0.251 e. The maximum atomic E-state index is 12.5. The Hall–Kier alpha value is -4.13. The van der Waals surface area contributed by atoms with Crippen LogP contribution in [0, 0.1) is 6.92 Å². The topological polar surface area (TPSA) is 86.5 Å². The monoisotopic (exact) mass is 427 g/mol. The van der Waals surface area contributed by atoms with E-state index < -0.39 is 0 Å². The van der Waals surface area contributed by atoms with Gasteiger partial charge in [0.05, 0.1) is 6.54 Å². The van der Waals surface area contributed by atoms with E-state index in [1.807, 2.05) is 55.5 Å². The first-order valence-corrected chi connectivity index (χ1v) is 10.3. The predicted octanol–water partition coefficient (Wildman–Crippen LogP) is 4.28. The number of hydrogen-bond acceptors (Lipinski definition) is 6. The molecule has 0 bridgehead atoms. The summed E-state index contributed by atoms with van der Waals surface area (Å²) in [6.45, 7) is 2.74. The molecule has 1 amide bonds. The van der Waals surface area contributed by atoms with E-state index in [9.17, 15) is 4.79 Å². The summed E-state index contributed by atoms with van der Waals surface area (Å²) in [5, 5.41) is 11.2. The van der Waals surface area contributed by atoms with Gasteiger partial charge in [-0.2, -0.15) is 0 Å². The summed E-state index contributed by atoms with van der Waals surface area (Å²) in [5.74, 6) is 2.08. The third-order valence-electron chi connectivity index (χ3n) is 5.14. The summed E-state index contributed by atoms with van der Waals surface area (Å²) in [6.07, 6.45) is -0.244. The number of amides is 1. The molecule has 32 heavy (non-hydrogen) atoms. The molecule has 0 spiro atoms. The van der Waals surface area contributed by atoms with Gasteiger partial charge < -0.3 is 19.2 Å². The van der Waals surface area contributed by atoms with Gasteiger partial charge in [0.1, 0.15) is 12.7 Å². The molecule has 1 aromatic heterocycles. The van der Waals surface area contributed by atoms with Crippen LogP contribution in [0.15, 0.2) is 77.2 Å². The van der Waals surface area contributed by atoms with Crippen LogP contribution in [0.25, 0.3) is 22.9 Å². The van der Waals surface area contributed by atoms with Crippen LogP contribution in [0.3, 0.4) is 0 Å². The standard InChI is InChI=1S/C25H21N3O4/c1-16-5-4-6-19(13-16)25-28-27-24(32-25)18-11-9-17(10-12-18)23(29)26-14-20-15-30-21-7-2-3-8-22(21)31-20/h2-13,20H,14-15H2,1H3,(H,26,29). The lowest BCUT2D eigenvalue weighted by atomic mass is 10.1. The van der Waals surface area contributed by atoms with Gasteiger partial charge in [-0.3, -0.25) is 4.79 Å². The van der Waals surface area contributed by atoms with Crippen molar-refractivity contribution in [3.05, 3.63) is 83.9 Å². The van der Waals surface area contributed by atoms with Gasteiger partial charge in [0.2, 0.25) is 11.8 Å². The fourth-order valence-corrected chi connectivity index (χ4v) is 3.47. The minimum atomic E-state index is -0.244. The molecule has 2 heterocycles. The molecule has 0 aliphatic carbocycles. The number of aryl methyl sites for hydroxylation is 1. The van der Waals surface area contributed by atoms with Crippen LogP contribution < -0.4 is 14.8 Å². The summed E-state index contributed by atoms with van der Waals surface area (Å²) in [6, 6.07) is 22.4. The van der Waals surface area contributed by atoms with Crippen molar-refractivity contribution in [1.82, 2.24) is 15.5 Å². The number of benzene rings is 3. The van der Waals surface area contributed by atoms with E-state index in [0.717, 1.165) is 22.4 Å². The van der Waals surface area contributed by atoms with Gasteiger partial charge in [0, 0.05) is 16.7 Å². The van der Waals surface area contributed by atoms with Crippen molar-refractivity contribution in [3.63, 3.8) is 0 Å². The van der Waals surface area contributed by atoms with Crippen LogP contribution in [0.4, 0.5) is 0 Å². The summed E-state index contributed by atoms with van der Waals surface area (Å²) in [7, 11) is 0. The zero-order chi connectivity index (χ0) is 21.9. The second-order valence-corrected chi connectivity index (χ2v) is 7.57. The van der Waals surface area contributed by atoms with E-state index in [2.05, 4.69) is 15.5 Å². The van der Waals surface area contributed by atoms with Gasteiger partial charge in [0.25, 0.3) is 5.91 Å². The predicted molar refractivity (Wildman–Crippen MR) is 119 cm³/mol. The normalized spacial score (nSPS) is 14.7. The largest absolute Gasteiger partial charge is 0.486 e. The average Bonchev–Trinajstić information content (AvgIpc) is 3.33. The Morgan fingerprint density at radius 2 is 1.69 bits per heavy atom. The summed E-state index contributed by atoms with van der Waals surface area (Å²) in [4.78, 5) is 12.5. The molecule has 0 fully saturated rings. The van der Waals surface area contributed by atoms with Gasteiger partial charge in [0.15, 0.2) is 11.5 Å². The number of nitrogens with one attached hydrogen (secondary N) is 1. The Balaban J connectivity index is 1.21. The van der Waals surface area contributed by atoms with Crippen molar-refractivity contribution in [1.29, 1.82) is 0 Å². The van der Waals surface area contributed by atoms with E-state index in [0.29, 0.717) is 36.2 Å². The van der Waals surface area contributed by atoms with Gasteiger partial charge >= 0.3 is 0 Å². The highest BCUT2D eigenvalue weighted by atomic mass is 16.6. The first kappa shape index (κ1) is 19.8. The molecule has 0 saturated heterocycles. The number of aromatic nitrogens is 2. The lowest BCUT2D eigenvalue weighted by Gasteiger charge is -2.26. The van der Waals surface area contributed by atoms with Crippen molar-refractivity contribution in [2.24, 2.45) is 0 Å². The van der Waals surface area contributed by atoms with Gasteiger partial charge in [-0.05, 0) is 55.5 Å². The van der Waals surface area contributed by atoms with Crippen molar-refractivity contribution < 1.29 is 18.7 Å². The quantitative estimate of drug-likeness (QED) is 0.512. The van der Waals surface area contributed by atoms with E-state index in [1.165, 1.54) is 0 Å². The number of fused-ring (bicyclic) bond motifs is 1. The molecule has 160 valence electrons. The van der Waals surface area contributed by atoms with Crippen molar-refractivity contribution >= 4 is 5.91 Å². The molecule has 0 saturated carbocycles. The van der Waals surface area contributed by atoms with Crippen LogP contribution in [-0.4, -0.2) is 35.4 Å². The fraction of sp³-hybridized carbons (Fsp3) is 0.160. The third kappa shape index (κ3) is 4.18. The van der Waals surface area contributed by atoms with E-state index >= 15 is 0 Å². The molecule has 7 nitrogen and oxygen atoms in total. The average molecular weight is 427 g/mol. The SMILES string of the molecule is Cc1cccc(-c2nnc(-c3ccc(C(=O)NCC4COc5ccccc5O4)cc3)o2)c1. The van der Waals surface area contributed by atoms with Crippen molar-refractivity contribution in [3.8, 4) is 34.4 Å². The molecule has 0 radical (unpaired) electrons. The van der Waals surface area contributed by atoms with E-state index in [4.69, 9.17) is 13.9 Å². The number of rotatable bonds is 5. The molecule has 1 aliphatic rings. The highest BCUT2D eigenvalue weighted by molar-refractivity contribution is 5.94. The molecular weight excluding hydrogens is 406 g/mol. The van der Waals surface area contributed by atoms with E-state index in [-0.39, 0.29) is 12.0 Å². The number of para-hydroxylation sites is 2. The van der Waals surface area contributed by atoms with Crippen LogP contribution in [0.2, 0.25) is 0 Å². The van der Waals surface area contributed by atoms with Crippen LogP contribution in [0.5, 0.6) is 11.5 Å². The Morgan fingerprint density at radius 1 is 0.938 bits per heavy atom. The molecule has 1 unspecified atom stereocenters. The lowest BCUT2D eigenvalue weighted by Crippen LogP contribution is -2.40. The first-order valence-electron chi connectivity index (χ1n) is 10.3. The van der Waals surface area contributed by atoms with Crippen molar-refractivity contribution in [2.75, 3.05) is 13.2 Å². The number of nitrogens with zero attached hydrogens (tertiary/aromatic N) is 2. The Bertz CT molecular complexity index is 1250. The van der Waals surface area contributed by atoms with Gasteiger partial charge in [-0.15, -0.1) is 10.2 Å². The Morgan fingerprint density at radius 3 is 2.47 bits per heavy atom. The molecule has 7 heteroatoms. The Labute approximate surface area is 185 Å². The fourth-order valence-electron chi connectivity index (χ4n) is 3.47. The number of ether oxygens (including phenoxy) is 2. The zero-order valence-electron chi connectivity index (χ0n) is 17.4. The molecule has 3 aromatic carbocycles. The number of hydrogen-bond donors (Lipinski definition) is 1. The van der Waals surface area contributed by atoms with E-state index in [1.54, 1.807) is 24.3 Å². The smallest absolute Gasteiger partial charge is 0.251 e. The number of carbonyl (C=O) groups excluding carboxylic acids is 1. The second-order valence-electron chi connectivity index (χ2n) is 7.57. The molecule has 1 aliphatic heterocycles. The highest BCUT2D eigenvalue weighted by Crippen LogP contribution is 2.30. The van der Waals surface area contributed by atoms with Crippen molar-refractivity contribution in [2.45, 2.75) is 13.0 Å². The van der Waals surface area contributed by atoms with Crippen LogP contribution in [0.1, 0.15) is 15.9 Å². The molecule has 5 rings (SSSR count). The summed E-state index contributed by atoms with van der Waals surface area (Å²) < 4.78 is 17.4. The molecule has 1 N–H and O–H groups in total. The maximum absolute atomic E-state index is 12.5. The third-order valence-corrected chi connectivity index (χ3v) is 5.14. The number of carbonyl (C=O) groups is 1. The summed E-state index contributed by atoms with van der Waals surface area (Å²) >= 11 is 0. The first-order chi connectivity index (χ1) is 15.7. The zero-order valence-corrected chi connectivity index (χ0v) is 17.4. The summed E-state index contributed by atoms with van der Waals surface area (Å²) in [5.41, 5.74) is 3.26. The van der Waals surface area contributed by atoms with Crippen LogP contribution in [-0.2, 0) is 0 Å². The van der Waals surface area contributed by atoms with Gasteiger partial charge in [-0.1, -0.05) is 29.8 Å².